The third-order valence-corrected chi connectivity index (χ3v) is 2.60. The first kappa shape index (κ1) is 8.96. The lowest BCUT2D eigenvalue weighted by atomic mass is 10.2. The van der Waals surface area contributed by atoms with Crippen molar-refractivity contribution >= 4 is 34.2 Å². The second kappa shape index (κ2) is 3.63. The van der Waals surface area contributed by atoms with Crippen LogP contribution in [0.2, 0.25) is 5.35 Å². The summed E-state index contributed by atoms with van der Waals surface area (Å²) in [4.78, 5) is 0. The lowest BCUT2D eigenvalue weighted by Gasteiger charge is -1.96. The fourth-order valence-electron chi connectivity index (χ4n) is 0.949. The molecule has 0 N–H and O–H groups in total. The minimum atomic E-state index is 0.0645. The maximum atomic E-state index is 5.52. The predicted molar refractivity (Wildman–Crippen MR) is 57.5 cm³/mol. The molecule has 0 atom stereocenters. The highest BCUT2D eigenvalue weighted by Gasteiger charge is 2.08. The molecule has 0 unspecified atom stereocenters. The van der Waals surface area contributed by atoms with Gasteiger partial charge in [-0.15, -0.1) is 5.10 Å². The Morgan fingerprint density at radius 3 is 2.62 bits per heavy atom. The number of halogens is 2. The molecule has 0 aliphatic heterocycles. The Bertz CT molecular complexity index is 430. The molecule has 0 aliphatic carbocycles. The Kier molecular flexibility index (Phi) is 2.50. The third kappa shape index (κ3) is 1.83. The summed E-state index contributed by atoms with van der Waals surface area (Å²) in [6.07, 6.45) is 0. The largest absolute Gasteiger partial charge is 0.407 e. The summed E-state index contributed by atoms with van der Waals surface area (Å²) in [5.74, 6) is 0.454. The smallest absolute Gasteiger partial charge is 0.313 e. The van der Waals surface area contributed by atoms with Crippen LogP contribution in [0.25, 0.3) is 11.5 Å². The maximum Gasteiger partial charge on any atom is 0.313 e. The van der Waals surface area contributed by atoms with Gasteiger partial charge in [-0.05, 0) is 46.3 Å². The highest BCUT2D eigenvalue weighted by molar-refractivity contribution is 14.1. The summed E-state index contributed by atoms with van der Waals surface area (Å²) in [7, 11) is 0. The average molecular weight is 306 g/mol. The zero-order valence-electron chi connectivity index (χ0n) is 6.37. The Morgan fingerprint density at radius 2 is 2.00 bits per heavy atom. The molecule has 0 saturated carbocycles. The van der Waals surface area contributed by atoms with Crippen LogP contribution in [-0.4, -0.2) is 10.2 Å². The van der Waals surface area contributed by atoms with E-state index in [-0.39, 0.29) is 5.35 Å². The van der Waals surface area contributed by atoms with E-state index in [1.807, 2.05) is 24.3 Å². The molecule has 1 aromatic heterocycles. The van der Waals surface area contributed by atoms with Crippen LogP contribution in [0.15, 0.2) is 28.7 Å². The molecule has 1 heterocycles. The van der Waals surface area contributed by atoms with E-state index in [9.17, 15) is 0 Å². The Hall–Kier alpha value is -0.620. The van der Waals surface area contributed by atoms with Gasteiger partial charge in [0.25, 0.3) is 0 Å². The normalized spacial score (nSPS) is 10.3. The van der Waals surface area contributed by atoms with Crippen molar-refractivity contribution < 1.29 is 4.42 Å². The van der Waals surface area contributed by atoms with Crippen molar-refractivity contribution in [2.75, 3.05) is 0 Å². The van der Waals surface area contributed by atoms with E-state index < -0.39 is 0 Å². The fraction of sp³-hybridized carbons (Fsp3) is 0. The van der Waals surface area contributed by atoms with E-state index in [0.717, 1.165) is 9.13 Å². The quantitative estimate of drug-likeness (QED) is 0.760. The van der Waals surface area contributed by atoms with Crippen molar-refractivity contribution in [2.45, 2.75) is 0 Å². The van der Waals surface area contributed by atoms with Crippen molar-refractivity contribution in [3.63, 3.8) is 0 Å². The Morgan fingerprint density at radius 1 is 1.23 bits per heavy atom. The van der Waals surface area contributed by atoms with Gasteiger partial charge in [0.15, 0.2) is 0 Å². The van der Waals surface area contributed by atoms with Gasteiger partial charge in [0.2, 0.25) is 5.89 Å². The van der Waals surface area contributed by atoms with E-state index in [2.05, 4.69) is 32.8 Å². The lowest BCUT2D eigenvalue weighted by Crippen LogP contribution is -1.81. The minimum absolute atomic E-state index is 0.0645. The van der Waals surface area contributed by atoms with E-state index in [4.69, 9.17) is 16.0 Å². The molecule has 0 fully saturated rings. The number of hydrogen-bond donors (Lipinski definition) is 0. The summed E-state index contributed by atoms with van der Waals surface area (Å²) in [6.45, 7) is 0. The summed E-state index contributed by atoms with van der Waals surface area (Å²) in [6, 6.07) is 7.73. The lowest BCUT2D eigenvalue weighted by molar-refractivity contribution is 0.570. The summed E-state index contributed by atoms with van der Waals surface area (Å²) >= 11 is 7.72. The van der Waals surface area contributed by atoms with Gasteiger partial charge in [-0.25, -0.2) is 0 Å². The van der Waals surface area contributed by atoms with E-state index >= 15 is 0 Å². The molecule has 0 saturated heterocycles. The Labute approximate surface area is 93.3 Å². The molecule has 66 valence electrons. The van der Waals surface area contributed by atoms with Crippen LogP contribution in [0.4, 0.5) is 0 Å². The predicted octanol–water partition coefficient (Wildman–Crippen LogP) is 2.99. The molecule has 0 aliphatic rings. The zero-order valence-corrected chi connectivity index (χ0v) is 9.28. The maximum absolute atomic E-state index is 5.52. The van der Waals surface area contributed by atoms with Gasteiger partial charge in [0, 0.05) is 3.57 Å². The number of nitrogens with zero attached hydrogens (tertiary/aromatic N) is 2. The molecule has 0 bridgehead atoms. The molecule has 13 heavy (non-hydrogen) atoms. The standard InChI is InChI=1S/C8H4ClIN2O/c9-8-12-11-7(13-8)5-3-1-2-4-6(5)10/h1-4H. The van der Waals surface area contributed by atoms with Crippen molar-refractivity contribution in [3.05, 3.63) is 33.2 Å². The first-order chi connectivity index (χ1) is 6.27. The molecular formula is C8H4ClIN2O. The number of aromatic nitrogens is 2. The summed E-state index contributed by atoms with van der Waals surface area (Å²) in [5, 5.41) is 7.44. The number of hydrogen-bond acceptors (Lipinski definition) is 3. The first-order valence-corrected chi connectivity index (χ1v) is 4.97. The molecular weight excluding hydrogens is 302 g/mol. The molecule has 1 aromatic carbocycles. The Balaban J connectivity index is 2.52. The molecule has 5 heteroatoms. The average Bonchev–Trinajstić information content (AvgIpc) is 2.53. The van der Waals surface area contributed by atoms with E-state index in [1.165, 1.54) is 0 Å². The van der Waals surface area contributed by atoms with Gasteiger partial charge in [-0.1, -0.05) is 17.2 Å². The molecule has 3 nitrogen and oxygen atoms in total. The second-order valence-electron chi connectivity index (χ2n) is 2.34. The van der Waals surface area contributed by atoms with Crippen molar-refractivity contribution in [3.8, 4) is 11.5 Å². The van der Waals surface area contributed by atoms with Gasteiger partial charge in [0.05, 0.1) is 5.56 Å². The molecule has 0 amide bonds. The monoisotopic (exact) mass is 306 g/mol. The summed E-state index contributed by atoms with van der Waals surface area (Å²) in [5.41, 5.74) is 0.905. The van der Waals surface area contributed by atoms with Crippen molar-refractivity contribution in [1.29, 1.82) is 0 Å². The SMILES string of the molecule is Clc1nnc(-c2ccccc2I)o1. The van der Waals surface area contributed by atoms with Crippen LogP contribution in [0, 0.1) is 3.57 Å². The van der Waals surface area contributed by atoms with Gasteiger partial charge in [0.1, 0.15) is 0 Å². The van der Waals surface area contributed by atoms with Gasteiger partial charge in [-0.3, -0.25) is 0 Å². The topological polar surface area (TPSA) is 38.9 Å². The van der Waals surface area contributed by atoms with Gasteiger partial charge in [-0.2, -0.15) is 0 Å². The second-order valence-corrected chi connectivity index (χ2v) is 3.83. The number of benzene rings is 1. The highest BCUT2D eigenvalue weighted by Crippen LogP contribution is 2.24. The molecule has 0 radical (unpaired) electrons. The minimum Gasteiger partial charge on any atom is -0.407 e. The molecule has 0 spiro atoms. The fourth-order valence-corrected chi connectivity index (χ4v) is 1.68. The third-order valence-electron chi connectivity index (χ3n) is 1.50. The van der Waals surface area contributed by atoms with Gasteiger partial charge < -0.3 is 4.42 Å². The van der Waals surface area contributed by atoms with E-state index in [0.29, 0.717) is 5.89 Å². The van der Waals surface area contributed by atoms with Gasteiger partial charge >= 0.3 is 5.35 Å². The van der Waals surface area contributed by atoms with Crippen LogP contribution in [0.5, 0.6) is 0 Å². The highest BCUT2D eigenvalue weighted by atomic mass is 127. The summed E-state index contributed by atoms with van der Waals surface area (Å²) < 4.78 is 6.14. The van der Waals surface area contributed by atoms with Crippen LogP contribution >= 0.6 is 34.2 Å². The van der Waals surface area contributed by atoms with Crippen LogP contribution < -0.4 is 0 Å². The van der Waals surface area contributed by atoms with Crippen LogP contribution in [-0.2, 0) is 0 Å². The van der Waals surface area contributed by atoms with Crippen LogP contribution in [0.1, 0.15) is 0 Å². The van der Waals surface area contributed by atoms with Crippen LogP contribution in [0.3, 0.4) is 0 Å². The van der Waals surface area contributed by atoms with Crippen molar-refractivity contribution in [2.24, 2.45) is 0 Å². The van der Waals surface area contributed by atoms with E-state index in [1.54, 1.807) is 0 Å². The van der Waals surface area contributed by atoms with Crippen molar-refractivity contribution in [1.82, 2.24) is 10.2 Å². The zero-order chi connectivity index (χ0) is 9.26. The number of rotatable bonds is 1. The first-order valence-electron chi connectivity index (χ1n) is 3.51. The molecule has 2 rings (SSSR count). The molecule has 2 aromatic rings.